The minimum atomic E-state index is -0.543. The lowest BCUT2D eigenvalue weighted by molar-refractivity contribution is -0.154. The van der Waals surface area contributed by atoms with Crippen LogP contribution in [0.3, 0.4) is 0 Å². The number of carbonyl (C=O) groups is 1. The van der Waals surface area contributed by atoms with Crippen molar-refractivity contribution in [3.8, 4) is 0 Å². The van der Waals surface area contributed by atoms with Gasteiger partial charge < -0.3 is 14.6 Å². The number of ether oxygens (including phenoxy) is 2. The Hall–Kier alpha value is -2.17. The number of aliphatic hydroxyl groups is 1. The lowest BCUT2D eigenvalue weighted by Gasteiger charge is -2.15. The van der Waals surface area contributed by atoms with Gasteiger partial charge >= 0.3 is 5.97 Å². The van der Waals surface area contributed by atoms with Crippen molar-refractivity contribution < 1.29 is 19.4 Å². The summed E-state index contributed by atoms with van der Waals surface area (Å²) in [7, 11) is 0. The number of aliphatic hydroxyl groups excluding tert-OH is 1. The maximum atomic E-state index is 12.2. The van der Waals surface area contributed by atoms with E-state index in [4.69, 9.17) is 9.47 Å². The van der Waals surface area contributed by atoms with Crippen molar-refractivity contribution in [1.29, 1.82) is 0 Å². The molecule has 0 heterocycles. The Labute approximate surface area is 317 Å². The van der Waals surface area contributed by atoms with E-state index in [1.807, 2.05) is 0 Å². The van der Waals surface area contributed by atoms with Gasteiger partial charge in [-0.05, 0) is 83.5 Å². The SMILES string of the molecule is CC/C=C\C/C=C\C/C=C\C/C=C\C/C=C\CCCCCCCCCCCCOCC(CO)OC(=O)CCCCCCC/C=C\CCCCCC. The molecule has 0 aromatic rings. The van der Waals surface area contributed by atoms with Crippen LogP contribution in [0.25, 0.3) is 0 Å². The summed E-state index contributed by atoms with van der Waals surface area (Å²) in [5.41, 5.74) is 0. The molecule has 0 aliphatic carbocycles. The van der Waals surface area contributed by atoms with Crippen LogP contribution < -0.4 is 0 Å². The number of unbranched alkanes of at least 4 members (excludes halogenated alkanes) is 19. The molecule has 1 unspecified atom stereocenters. The van der Waals surface area contributed by atoms with Crippen LogP contribution in [0.4, 0.5) is 0 Å². The van der Waals surface area contributed by atoms with Crippen molar-refractivity contribution in [2.75, 3.05) is 19.8 Å². The molecular weight excluding hydrogens is 629 g/mol. The molecule has 1 atom stereocenters. The first-order valence-corrected chi connectivity index (χ1v) is 21.5. The smallest absolute Gasteiger partial charge is 0.306 e. The number of esters is 1. The zero-order chi connectivity index (χ0) is 37.0. The van der Waals surface area contributed by atoms with E-state index in [-0.39, 0.29) is 19.2 Å². The van der Waals surface area contributed by atoms with Gasteiger partial charge in [0.25, 0.3) is 0 Å². The molecule has 0 aromatic carbocycles. The minimum Gasteiger partial charge on any atom is -0.457 e. The van der Waals surface area contributed by atoms with Gasteiger partial charge in [-0.1, -0.05) is 177 Å². The van der Waals surface area contributed by atoms with Gasteiger partial charge in [0.05, 0.1) is 13.2 Å². The second kappa shape index (κ2) is 44.0. The normalized spacial score (nSPS) is 13.1. The average molecular weight is 711 g/mol. The lowest BCUT2D eigenvalue weighted by atomic mass is 10.1. The van der Waals surface area contributed by atoms with Crippen LogP contribution in [-0.2, 0) is 14.3 Å². The number of carbonyl (C=O) groups excluding carboxylic acids is 1. The first-order chi connectivity index (χ1) is 25.2. The lowest BCUT2D eigenvalue weighted by Crippen LogP contribution is -2.27. The number of rotatable bonds is 39. The fourth-order valence-corrected chi connectivity index (χ4v) is 5.82. The fourth-order valence-electron chi connectivity index (χ4n) is 5.82. The van der Waals surface area contributed by atoms with Crippen LogP contribution in [-0.4, -0.2) is 37.0 Å². The van der Waals surface area contributed by atoms with E-state index in [0.717, 1.165) is 57.8 Å². The third kappa shape index (κ3) is 42.1. The van der Waals surface area contributed by atoms with E-state index in [1.54, 1.807) is 0 Å². The van der Waals surface area contributed by atoms with Gasteiger partial charge in [0.15, 0.2) is 0 Å². The van der Waals surface area contributed by atoms with Crippen LogP contribution in [0, 0.1) is 0 Å². The first-order valence-electron chi connectivity index (χ1n) is 21.5. The van der Waals surface area contributed by atoms with Gasteiger partial charge in [0, 0.05) is 13.0 Å². The summed E-state index contributed by atoms with van der Waals surface area (Å²) in [6.45, 7) is 5.19. The molecule has 0 fully saturated rings. The molecule has 1 N–H and O–H groups in total. The number of hydrogen-bond donors (Lipinski definition) is 1. The maximum Gasteiger partial charge on any atom is 0.306 e. The van der Waals surface area contributed by atoms with Crippen molar-refractivity contribution in [3.63, 3.8) is 0 Å². The monoisotopic (exact) mass is 711 g/mol. The Kier molecular flexibility index (Phi) is 42.1. The maximum absolute atomic E-state index is 12.2. The predicted octanol–water partition coefficient (Wildman–Crippen LogP) is 14.2. The summed E-state index contributed by atoms with van der Waals surface area (Å²) in [6.07, 6.45) is 59.6. The van der Waals surface area contributed by atoms with Crippen molar-refractivity contribution in [1.82, 2.24) is 0 Å². The van der Waals surface area contributed by atoms with E-state index in [9.17, 15) is 9.90 Å². The molecule has 0 aliphatic rings. The van der Waals surface area contributed by atoms with Crippen molar-refractivity contribution in [3.05, 3.63) is 72.9 Å². The minimum absolute atomic E-state index is 0.179. The second-order valence-corrected chi connectivity index (χ2v) is 14.0. The molecular formula is C47H82O4. The van der Waals surface area contributed by atoms with E-state index >= 15 is 0 Å². The molecule has 51 heavy (non-hydrogen) atoms. The number of allylic oxidation sites excluding steroid dienone is 12. The molecule has 0 rings (SSSR count). The van der Waals surface area contributed by atoms with Crippen molar-refractivity contribution >= 4 is 5.97 Å². The van der Waals surface area contributed by atoms with Crippen LogP contribution >= 0.6 is 0 Å². The predicted molar refractivity (Wildman–Crippen MR) is 223 cm³/mol. The van der Waals surface area contributed by atoms with Crippen LogP contribution in [0.15, 0.2) is 72.9 Å². The summed E-state index contributed by atoms with van der Waals surface area (Å²) in [6, 6.07) is 0. The third-order valence-corrected chi connectivity index (χ3v) is 9.02. The first kappa shape index (κ1) is 48.8. The zero-order valence-corrected chi connectivity index (χ0v) is 33.6. The van der Waals surface area contributed by atoms with Gasteiger partial charge in [-0.2, -0.15) is 0 Å². The Balaban J connectivity index is 3.46. The molecule has 0 spiro atoms. The highest BCUT2D eigenvalue weighted by molar-refractivity contribution is 5.69. The summed E-state index contributed by atoms with van der Waals surface area (Å²) in [4.78, 5) is 12.2. The Bertz CT molecular complexity index is 881. The molecule has 0 saturated heterocycles. The van der Waals surface area contributed by atoms with E-state index < -0.39 is 6.10 Å². The van der Waals surface area contributed by atoms with Gasteiger partial charge in [-0.25, -0.2) is 0 Å². The van der Waals surface area contributed by atoms with Crippen LogP contribution in [0.5, 0.6) is 0 Å². The molecule has 0 aromatic heterocycles. The molecule has 0 radical (unpaired) electrons. The van der Waals surface area contributed by atoms with Crippen molar-refractivity contribution in [2.45, 2.75) is 200 Å². The topological polar surface area (TPSA) is 55.8 Å². The molecule has 4 heteroatoms. The Morgan fingerprint density at radius 2 is 0.882 bits per heavy atom. The standard InChI is InChI=1S/C47H82O4/c1-3-5-7-9-11-13-15-17-18-19-20-21-22-23-24-25-26-27-28-29-31-33-35-37-39-41-43-50-45-46(44-48)51-47(49)42-40-38-36-34-32-30-16-14-12-10-8-6-4-2/h5,7,11,13-14,16-18,20-21,23-24,46,48H,3-4,6,8-10,12,15,19,22,25-45H2,1-2H3/b7-5-,13-11-,16-14-,18-17-,21-20-,24-23-. The largest absolute Gasteiger partial charge is 0.457 e. The van der Waals surface area contributed by atoms with Gasteiger partial charge in [-0.15, -0.1) is 0 Å². The van der Waals surface area contributed by atoms with E-state index in [1.165, 1.54) is 116 Å². The highest BCUT2D eigenvalue weighted by Gasteiger charge is 2.13. The fraction of sp³-hybridized carbons (Fsp3) is 0.723. The van der Waals surface area contributed by atoms with Gasteiger partial charge in [0.2, 0.25) is 0 Å². The number of hydrogen-bond acceptors (Lipinski definition) is 4. The molecule has 0 aliphatic heterocycles. The molecule has 0 bridgehead atoms. The average Bonchev–Trinajstić information content (AvgIpc) is 3.14. The molecule has 294 valence electrons. The van der Waals surface area contributed by atoms with Crippen LogP contribution in [0.1, 0.15) is 194 Å². The third-order valence-electron chi connectivity index (χ3n) is 9.02. The second-order valence-electron chi connectivity index (χ2n) is 14.0. The molecule has 0 amide bonds. The summed E-state index contributed by atoms with van der Waals surface area (Å²) in [5, 5.41) is 9.59. The van der Waals surface area contributed by atoms with Crippen molar-refractivity contribution in [2.24, 2.45) is 0 Å². The van der Waals surface area contributed by atoms with Gasteiger partial charge in [-0.3, -0.25) is 4.79 Å². The van der Waals surface area contributed by atoms with E-state index in [2.05, 4.69) is 86.8 Å². The zero-order valence-electron chi connectivity index (χ0n) is 33.6. The Morgan fingerprint density at radius 3 is 1.35 bits per heavy atom. The van der Waals surface area contributed by atoms with E-state index in [0.29, 0.717) is 13.0 Å². The summed E-state index contributed by atoms with van der Waals surface area (Å²) < 4.78 is 11.1. The van der Waals surface area contributed by atoms with Gasteiger partial charge in [0.1, 0.15) is 6.10 Å². The highest BCUT2D eigenvalue weighted by Crippen LogP contribution is 2.13. The molecule has 0 saturated carbocycles. The molecule has 4 nitrogen and oxygen atoms in total. The van der Waals surface area contributed by atoms with Crippen LogP contribution in [0.2, 0.25) is 0 Å². The summed E-state index contributed by atoms with van der Waals surface area (Å²) in [5.74, 6) is -0.214. The Morgan fingerprint density at radius 1 is 0.490 bits per heavy atom. The summed E-state index contributed by atoms with van der Waals surface area (Å²) >= 11 is 0. The highest BCUT2D eigenvalue weighted by atomic mass is 16.6. The quantitative estimate of drug-likeness (QED) is 0.0392.